The summed E-state index contributed by atoms with van der Waals surface area (Å²) < 4.78 is 11.6. The number of nitrogens with zero attached hydrogens (tertiary/aromatic N) is 3. The predicted octanol–water partition coefficient (Wildman–Crippen LogP) is 2.47. The number of benzene rings is 1. The van der Waals surface area contributed by atoms with Crippen molar-refractivity contribution < 1.29 is 9.47 Å². The van der Waals surface area contributed by atoms with Gasteiger partial charge in [-0.05, 0) is 45.0 Å². The Bertz CT molecular complexity index is 674. The fourth-order valence-electron chi connectivity index (χ4n) is 3.84. The maximum absolute atomic E-state index is 6.20. The van der Waals surface area contributed by atoms with Crippen molar-refractivity contribution in [2.24, 2.45) is 4.99 Å². The van der Waals surface area contributed by atoms with Gasteiger partial charge in [-0.2, -0.15) is 0 Å². The molecule has 0 radical (unpaired) electrons. The molecule has 2 N–H and O–H groups in total. The van der Waals surface area contributed by atoms with Gasteiger partial charge in [0.1, 0.15) is 11.9 Å². The number of hydrogen-bond donors (Lipinski definition) is 2. The summed E-state index contributed by atoms with van der Waals surface area (Å²) in [5.41, 5.74) is 2.35. The third-order valence-electron chi connectivity index (χ3n) is 5.86. The molecular weight excluding hydrogens is 505 g/mol. The van der Waals surface area contributed by atoms with Crippen LogP contribution >= 0.6 is 24.0 Å². The molecule has 31 heavy (non-hydrogen) atoms. The van der Waals surface area contributed by atoms with Gasteiger partial charge < -0.3 is 29.9 Å². The highest BCUT2D eigenvalue weighted by atomic mass is 127. The third kappa shape index (κ3) is 9.11. The van der Waals surface area contributed by atoms with Gasteiger partial charge in [0, 0.05) is 58.3 Å². The van der Waals surface area contributed by atoms with Crippen molar-refractivity contribution in [2.45, 2.75) is 38.8 Å². The topological polar surface area (TPSA) is 61.4 Å². The van der Waals surface area contributed by atoms with Crippen LogP contribution in [0, 0.1) is 6.92 Å². The minimum atomic E-state index is 0. The molecule has 3 rings (SSSR count). The van der Waals surface area contributed by atoms with Crippen LogP contribution in [0.3, 0.4) is 0 Å². The van der Waals surface area contributed by atoms with Crippen LogP contribution in [0.5, 0.6) is 5.75 Å². The number of guanidine groups is 1. The molecule has 0 aliphatic carbocycles. The smallest absolute Gasteiger partial charge is 0.191 e. The van der Waals surface area contributed by atoms with Crippen molar-refractivity contribution in [3.05, 3.63) is 29.3 Å². The summed E-state index contributed by atoms with van der Waals surface area (Å²) in [5, 5.41) is 6.87. The highest BCUT2D eigenvalue weighted by molar-refractivity contribution is 14.0. The summed E-state index contributed by atoms with van der Waals surface area (Å²) >= 11 is 0. The molecule has 0 saturated carbocycles. The molecule has 1 aromatic rings. The summed E-state index contributed by atoms with van der Waals surface area (Å²) in [6, 6.07) is 6.38. The monoisotopic (exact) mass is 545 g/mol. The Balaban J connectivity index is 0.00000341. The molecule has 2 aliphatic rings. The van der Waals surface area contributed by atoms with Crippen molar-refractivity contribution in [3.63, 3.8) is 0 Å². The van der Waals surface area contributed by atoms with Gasteiger partial charge in [-0.25, -0.2) is 0 Å². The zero-order chi connectivity index (χ0) is 21.2. The van der Waals surface area contributed by atoms with Crippen LogP contribution in [-0.4, -0.2) is 88.4 Å². The van der Waals surface area contributed by atoms with Gasteiger partial charge in [0.05, 0.1) is 13.2 Å². The first-order valence-corrected chi connectivity index (χ1v) is 11.3. The number of rotatable bonds is 9. The molecule has 176 valence electrons. The molecule has 2 fully saturated rings. The van der Waals surface area contributed by atoms with E-state index in [9.17, 15) is 0 Å². The zero-order valence-electron chi connectivity index (χ0n) is 19.4. The first kappa shape index (κ1) is 26.2. The molecule has 0 amide bonds. The van der Waals surface area contributed by atoms with E-state index in [1.165, 1.54) is 44.7 Å². The Labute approximate surface area is 205 Å². The molecule has 2 aliphatic heterocycles. The number of nitrogens with one attached hydrogen (secondary N) is 2. The van der Waals surface area contributed by atoms with Crippen molar-refractivity contribution in [1.29, 1.82) is 0 Å². The Hall–Kier alpha value is -1.10. The second kappa shape index (κ2) is 14.1. The molecule has 2 saturated heterocycles. The highest BCUT2D eigenvalue weighted by Crippen LogP contribution is 2.23. The summed E-state index contributed by atoms with van der Waals surface area (Å²) in [4.78, 5) is 9.34. The first-order valence-electron chi connectivity index (χ1n) is 11.3. The minimum Gasteiger partial charge on any atom is -0.488 e. The average molecular weight is 546 g/mol. The molecule has 1 atom stereocenters. The second-order valence-electron chi connectivity index (χ2n) is 8.42. The van der Waals surface area contributed by atoms with E-state index in [2.05, 4.69) is 57.6 Å². The number of aliphatic imine (C=N–C) groups is 1. The Morgan fingerprint density at radius 3 is 2.71 bits per heavy atom. The Morgan fingerprint density at radius 1 is 1.19 bits per heavy atom. The Kier molecular flexibility index (Phi) is 11.9. The van der Waals surface area contributed by atoms with Gasteiger partial charge in [-0.15, -0.1) is 24.0 Å². The zero-order valence-corrected chi connectivity index (χ0v) is 21.7. The lowest BCUT2D eigenvalue weighted by Crippen LogP contribution is -2.44. The van der Waals surface area contributed by atoms with Crippen molar-refractivity contribution in [3.8, 4) is 5.75 Å². The molecule has 7 nitrogen and oxygen atoms in total. The van der Waals surface area contributed by atoms with E-state index in [-0.39, 0.29) is 30.1 Å². The minimum absolute atomic E-state index is 0. The summed E-state index contributed by atoms with van der Waals surface area (Å²) in [6.45, 7) is 11.1. The van der Waals surface area contributed by atoms with E-state index in [0.29, 0.717) is 13.2 Å². The lowest BCUT2D eigenvalue weighted by atomic mass is 10.1. The quantitative estimate of drug-likeness (QED) is 0.215. The van der Waals surface area contributed by atoms with E-state index in [4.69, 9.17) is 9.47 Å². The largest absolute Gasteiger partial charge is 0.488 e. The molecule has 0 aromatic heterocycles. The van der Waals surface area contributed by atoms with E-state index >= 15 is 0 Å². The number of halogens is 1. The number of hydrogen-bond acceptors (Lipinski definition) is 5. The summed E-state index contributed by atoms with van der Waals surface area (Å²) in [6.07, 6.45) is 3.47. The fourth-order valence-corrected chi connectivity index (χ4v) is 3.84. The van der Waals surface area contributed by atoms with Crippen molar-refractivity contribution in [2.75, 3.05) is 66.6 Å². The number of aryl methyl sites for hydroxylation is 1. The van der Waals surface area contributed by atoms with Gasteiger partial charge in [0.25, 0.3) is 0 Å². The summed E-state index contributed by atoms with van der Waals surface area (Å²) in [5.74, 6) is 1.78. The molecule has 8 heteroatoms. The molecule has 2 heterocycles. The number of ether oxygens (including phenoxy) is 2. The summed E-state index contributed by atoms with van der Waals surface area (Å²) in [7, 11) is 4.02. The third-order valence-corrected chi connectivity index (χ3v) is 5.86. The van der Waals surface area contributed by atoms with E-state index < -0.39 is 0 Å². The van der Waals surface area contributed by atoms with Gasteiger partial charge in [-0.3, -0.25) is 4.99 Å². The first-order chi connectivity index (χ1) is 14.6. The van der Waals surface area contributed by atoms with Crippen LogP contribution in [-0.2, 0) is 11.3 Å². The van der Waals surface area contributed by atoms with Crippen LogP contribution in [0.4, 0.5) is 0 Å². The molecular formula is C23H40IN5O2. The Morgan fingerprint density at radius 2 is 2.00 bits per heavy atom. The highest BCUT2D eigenvalue weighted by Gasteiger charge is 2.19. The van der Waals surface area contributed by atoms with E-state index in [1.807, 2.05) is 7.05 Å². The van der Waals surface area contributed by atoms with Crippen LogP contribution in [0.25, 0.3) is 0 Å². The molecule has 1 aromatic carbocycles. The number of likely N-dealkylation sites (N-methyl/N-ethyl adjacent to an activating group) is 1. The van der Waals surface area contributed by atoms with Gasteiger partial charge in [-0.1, -0.05) is 12.1 Å². The number of unbranched alkanes of at least 4 members (excludes halogenated alkanes) is 1. The van der Waals surface area contributed by atoms with Gasteiger partial charge >= 0.3 is 0 Å². The SMILES string of the molecule is CN=C(NCCCCN1CCN(C)CC1)NCc1ccc(C)cc1OC1CCOC1.I. The fraction of sp³-hybridized carbons (Fsp3) is 0.696. The lowest BCUT2D eigenvalue weighted by Gasteiger charge is -2.32. The van der Waals surface area contributed by atoms with E-state index in [0.717, 1.165) is 43.3 Å². The average Bonchev–Trinajstić information content (AvgIpc) is 3.25. The maximum atomic E-state index is 6.20. The molecule has 0 bridgehead atoms. The normalized spacial score (nSPS) is 20.4. The van der Waals surface area contributed by atoms with E-state index in [1.54, 1.807) is 0 Å². The molecule has 0 spiro atoms. The van der Waals surface area contributed by atoms with Gasteiger partial charge in [0.2, 0.25) is 0 Å². The standard InChI is InChI=1S/C23H39N5O2.HI/c1-19-6-7-20(22(16-19)30-21-8-15-29-18-21)17-26-23(24-2)25-9-4-5-10-28-13-11-27(3)12-14-28;/h6-7,16,21H,4-5,8-15,17-18H2,1-3H3,(H2,24,25,26);1H. The second-order valence-corrected chi connectivity index (χ2v) is 8.42. The van der Waals surface area contributed by atoms with Crippen LogP contribution < -0.4 is 15.4 Å². The maximum Gasteiger partial charge on any atom is 0.191 e. The van der Waals surface area contributed by atoms with Crippen molar-refractivity contribution >= 4 is 29.9 Å². The van der Waals surface area contributed by atoms with Gasteiger partial charge in [0.15, 0.2) is 5.96 Å². The van der Waals surface area contributed by atoms with Crippen LogP contribution in [0.2, 0.25) is 0 Å². The van der Waals surface area contributed by atoms with Crippen molar-refractivity contribution in [1.82, 2.24) is 20.4 Å². The number of piperazine rings is 1. The lowest BCUT2D eigenvalue weighted by molar-refractivity contribution is 0.140. The molecule has 1 unspecified atom stereocenters. The van der Waals surface area contributed by atoms with Crippen LogP contribution in [0.1, 0.15) is 30.4 Å². The van der Waals surface area contributed by atoms with Crippen LogP contribution in [0.15, 0.2) is 23.2 Å². The predicted molar refractivity (Wildman–Crippen MR) is 138 cm³/mol.